The zero-order valence-electron chi connectivity index (χ0n) is 15.4. The second-order valence-corrected chi connectivity index (χ2v) is 6.79. The number of carbonyl (C=O) groups is 1. The molecule has 8 heteroatoms. The first-order valence-corrected chi connectivity index (χ1v) is 9.20. The third-order valence-corrected chi connectivity index (χ3v) is 5.12. The third kappa shape index (κ3) is 3.71. The van der Waals surface area contributed by atoms with Crippen molar-refractivity contribution >= 4 is 27.5 Å². The maximum Gasteiger partial charge on any atom is 0.300 e. The average Bonchev–Trinajstić information content (AvgIpc) is 3.14. The van der Waals surface area contributed by atoms with Gasteiger partial charge < -0.3 is 14.0 Å². The fourth-order valence-corrected chi connectivity index (χ4v) is 3.67. The Morgan fingerprint density at radius 3 is 2.81 bits per heavy atom. The second kappa shape index (κ2) is 7.84. The van der Waals surface area contributed by atoms with Gasteiger partial charge in [0, 0.05) is 25.9 Å². The molecule has 0 aliphatic rings. The number of hydrogen-bond donors (Lipinski definition) is 0. The number of aromatic nitrogens is 3. The van der Waals surface area contributed by atoms with Crippen LogP contribution < -0.4 is 9.54 Å². The molecule has 2 aromatic heterocycles. The Balaban J connectivity index is 2.06. The molecule has 1 amide bonds. The van der Waals surface area contributed by atoms with Gasteiger partial charge in [-0.3, -0.25) is 9.48 Å². The van der Waals surface area contributed by atoms with Crippen LogP contribution in [0.2, 0.25) is 0 Å². The lowest BCUT2D eigenvalue weighted by Gasteiger charge is -2.06. The van der Waals surface area contributed by atoms with Crippen molar-refractivity contribution in [2.24, 2.45) is 12.0 Å². The molecule has 7 nitrogen and oxygen atoms in total. The predicted molar refractivity (Wildman–Crippen MR) is 101 cm³/mol. The summed E-state index contributed by atoms with van der Waals surface area (Å²) in [5.74, 6) is 0.423. The van der Waals surface area contributed by atoms with E-state index in [1.807, 2.05) is 36.6 Å². The number of nitrogens with zero attached hydrogens (tertiary/aromatic N) is 4. The molecule has 0 spiro atoms. The number of benzene rings is 1. The first kappa shape index (κ1) is 18.3. The molecule has 0 fully saturated rings. The normalized spacial score (nSPS) is 12.1. The summed E-state index contributed by atoms with van der Waals surface area (Å²) in [7, 11) is 3.44. The topological polar surface area (TPSA) is 70.6 Å². The number of ether oxygens (including phenoxy) is 2. The first-order chi connectivity index (χ1) is 12.5. The van der Waals surface area contributed by atoms with Crippen LogP contribution in [0.1, 0.15) is 23.1 Å². The van der Waals surface area contributed by atoms with E-state index >= 15 is 0 Å². The summed E-state index contributed by atoms with van der Waals surface area (Å²) in [6.45, 7) is 5.68. The summed E-state index contributed by atoms with van der Waals surface area (Å²) in [5, 5.41) is 4.22. The maximum absolute atomic E-state index is 12.6. The zero-order valence-corrected chi connectivity index (χ0v) is 16.2. The smallest absolute Gasteiger partial charge is 0.300 e. The lowest BCUT2D eigenvalue weighted by Crippen LogP contribution is -2.20. The molecule has 0 aliphatic heterocycles. The van der Waals surface area contributed by atoms with E-state index in [2.05, 4.69) is 10.1 Å². The van der Waals surface area contributed by atoms with Crippen LogP contribution in [0, 0.1) is 6.92 Å². The summed E-state index contributed by atoms with van der Waals surface area (Å²) in [6.07, 6.45) is 0. The second-order valence-electron chi connectivity index (χ2n) is 5.78. The molecule has 0 saturated carbocycles. The molecule has 1 aromatic carbocycles. The van der Waals surface area contributed by atoms with Crippen molar-refractivity contribution in [2.45, 2.75) is 20.4 Å². The summed E-state index contributed by atoms with van der Waals surface area (Å²) < 4.78 is 15.5. The van der Waals surface area contributed by atoms with Crippen molar-refractivity contribution in [2.75, 3.05) is 20.3 Å². The quantitative estimate of drug-likeness (QED) is 0.622. The summed E-state index contributed by atoms with van der Waals surface area (Å²) in [4.78, 5) is 17.5. The number of aryl methyl sites for hydroxylation is 2. The van der Waals surface area contributed by atoms with E-state index in [1.165, 1.54) is 11.3 Å². The molecule has 0 bridgehead atoms. The third-order valence-electron chi connectivity index (χ3n) is 4.08. The van der Waals surface area contributed by atoms with Crippen LogP contribution >= 0.6 is 11.3 Å². The van der Waals surface area contributed by atoms with Crippen LogP contribution in [-0.4, -0.2) is 40.6 Å². The van der Waals surface area contributed by atoms with Gasteiger partial charge in [0.05, 0.1) is 23.9 Å². The maximum atomic E-state index is 12.6. The van der Waals surface area contributed by atoms with E-state index in [0.29, 0.717) is 30.3 Å². The zero-order chi connectivity index (χ0) is 18.7. The summed E-state index contributed by atoms with van der Waals surface area (Å²) in [6, 6.07) is 7.57. The minimum Gasteiger partial charge on any atom is -0.497 e. The van der Waals surface area contributed by atoms with Crippen LogP contribution in [0.25, 0.3) is 10.2 Å². The van der Waals surface area contributed by atoms with Gasteiger partial charge in [0.15, 0.2) is 10.5 Å². The number of hydrogen-bond acceptors (Lipinski definition) is 5. The number of thiazole rings is 1. The Morgan fingerprint density at radius 2 is 2.15 bits per heavy atom. The predicted octanol–water partition coefficient (Wildman–Crippen LogP) is 2.53. The Bertz CT molecular complexity index is 980. The fraction of sp³-hybridized carbons (Fsp3) is 0.389. The summed E-state index contributed by atoms with van der Waals surface area (Å²) in [5.41, 5.74) is 2.25. The van der Waals surface area contributed by atoms with Crippen molar-refractivity contribution in [1.82, 2.24) is 14.3 Å². The molecule has 0 aliphatic carbocycles. The van der Waals surface area contributed by atoms with Gasteiger partial charge in [0.2, 0.25) is 0 Å². The Hall–Kier alpha value is -2.45. The van der Waals surface area contributed by atoms with Crippen molar-refractivity contribution in [1.29, 1.82) is 0 Å². The molecule has 0 unspecified atom stereocenters. The molecular formula is C18H22N4O3S. The van der Waals surface area contributed by atoms with Crippen molar-refractivity contribution in [3.05, 3.63) is 40.5 Å². The van der Waals surface area contributed by atoms with Crippen LogP contribution in [-0.2, 0) is 18.3 Å². The minimum atomic E-state index is -0.350. The molecule has 3 rings (SSSR count). The van der Waals surface area contributed by atoms with E-state index in [1.54, 1.807) is 24.9 Å². The summed E-state index contributed by atoms with van der Waals surface area (Å²) >= 11 is 1.45. The van der Waals surface area contributed by atoms with Gasteiger partial charge in [-0.05, 0) is 38.1 Å². The molecule has 3 aromatic rings. The molecule has 0 N–H and O–H groups in total. The van der Waals surface area contributed by atoms with Gasteiger partial charge >= 0.3 is 0 Å². The van der Waals surface area contributed by atoms with E-state index in [4.69, 9.17) is 9.47 Å². The molecule has 26 heavy (non-hydrogen) atoms. The highest BCUT2D eigenvalue weighted by atomic mass is 32.1. The molecule has 0 saturated heterocycles. The minimum absolute atomic E-state index is 0.344. The van der Waals surface area contributed by atoms with Crippen LogP contribution in [0.5, 0.6) is 5.75 Å². The number of carbonyl (C=O) groups excluding carboxylic acids is 1. The van der Waals surface area contributed by atoms with Crippen LogP contribution in [0.4, 0.5) is 0 Å². The number of methoxy groups -OCH3 is 1. The van der Waals surface area contributed by atoms with E-state index in [9.17, 15) is 4.79 Å². The number of rotatable bonds is 6. The fourth-order valence-electron chi connectivity index (χ4n) is 2.59. The van der Waals surface area contributed by atoms with Crippen LogP contribution in [0.15, 0.2) is 29.3 Å². The monoisotopic (exact) mass is 374 g/mol. The standard InChI is InChI=1S/C18H22N4O3S/c1-5-25-9-8-22-15-7-6-13(24-4)11-16(15)26-18(22)19-17(23)14-10-12(2)21(3)20-14/h6-7,10-11H,5,8-9H2,1-4H3. The van der Waals surface area contributed by atoms with Crippen molar-refractivity contribution in [3.8, 4) is 5.75 Å². The molecular weight excluding hydrogens is 352 g/mol. The molecule has 0 atom stereocenters. The molecule has 0 radical (unpaired) electrons. The van der Waals surface area contributed by atoms with E-state index in [-0.39, 0.29) is 5.91 Å². The van der Waals surface area contributed by atoms with Crippen molar-refractivity contribution < 1.29 is 14.3 Å². The van der Waals surface area contributed by atoms with E-state index < -0.39 is 0 Å². The molecule has 138 valence electrons. The Morgan fingerprint density at radius 1 is 1.35 bits per heavy atom. The van der Waals surface area contributed by atoms with Gasteiger partial charge in [0.25, 0.3) is 5.91 Å². The van der Waals surface area contributed by atoms with E-state index in [0.717, 1.165) is 21.7 Å². The first-order valence-electron chi connectivity index (χ1n) is 8.38. The Kier molecular flexibility index (Phi) is 5.53. The number of amides is 1. The van der Waals surface area contributed by atoms with Gasteiger partial charge in [-0.25, -0.2) is 0 Å². The van der Waals surface area contributed by atoms with Gasteiger partial charge in [0.1, 0.15) is 5.75 Å². The van der Waals surface area contributed by atoms with Crippen LogP contribution in [0.3, 0.4) is 0 Å². The van der Waals surface area contributed by atoms with Gasteiger partial charge in [-0.1, -0.05) is 11.3 Å². The lowest BCUT2D eigenvalue weighted by molar-refractivity contribution is 0.0991. The highest BCUT2D eigenvalue weighted by Gasteiger charge is 2.13. The van der Waals surface area contributed by atoms with Gasteiger partial charge in [-0.2, -0.15) is 10.1 Å². The average molecular weight is 374 g/mol. The highest BCUT2D eigenvalue weighted by Crippen LogP contribution is 2.23. The van der Waals surface area contributed by atoms with Crippen molar-refractivity contribution in [3.63, 3.8) is 0 Å². The number of fused-ring (bicyclic) bond motifs is 1. The molecule has 2 heterocycles. The Labute approximate surface area is 155 Å². The van der Waals surface area contributed by atoms with Gasteiger partial charge in [-0.15, -0.1) is 0 Å². The SMILES string of the molecule is CCOCCn1c(=NC(=O)c2cc(C)n(C)n2)sc2cc(OC)ccc21. The lowest BCUT2D eigenvalue weighted by atomic mass is 10.3. The highest BCUT2D eigenvalue weighted by molar-refractivity contribution is 7.16. The largest absolute Gasteiger partial charge is 0.497 e.